The van der Waals surface area contributed by atoms with Crippen molar-refractivity contribution in [1.29, 1.82) is 0 Å². The summed E-state index contributed by atoms with van der Waals surface area (Å²) in [7, 11) is 0. The maximum atomic E-state index is 13.7. The highest BCUT2D eigenvalue weighted by Crippen LogP contribution is 2.39. The molecule has 39 heavy (non-hydrogen) atoms. The Balaban J connectivity index is 1.50. The minimum absolute atomic E-state index is 0.221. The van der Waals surface area contributed by atoms with E-state index < -0.39 is 0 Å². The van der Waals surface area contributed by atoms with E-state index in [1.807, 2.05) is 24.3 Å². The zero-order chi connectivity index (χ0) is 27.5. The smallest absolute Gasteiger partial charge is 0.271 e. The first-order valence-electron chi connectivity index (χ1n) is 11.5. The summed E-state index contributed by atoms with van der Waals surface area (Å²) >= 11 is 29.3. The Hall–Kier alpha value is -2.45. The van der Waals surface area contributed by atoms with Gasteiger partial charge in [0.2, 0.25) is 0 Å². The van der Waals surface area contributed by atoms with E-state index in [9.17, 15) is 4.79 Å². The monoisotopic (exact) mass is 676 g/mol. The average Bonchev–Trinajstić information content (AvgIpc) is 3.20. The quantitative estimate of drug-likeness (QED) is 0.191. The molecule has 4 aromatic carbocycles. The van der Waals surface area contributed by atoms with Gasteiger partial charge in [0.25, 0.3) is 5.91 Å². The van der Waals surface area contributed by atoms with E-state index in [0.717, 1.165) is 10.0 Å². The molecule has 1 saturated heterocycles. The molecule has 0 aliphatic carbocycles. The first kappa shape index (κ1) is 28.1. The van der Waals surface area contributed by atoms with Gasteiger partial charge in [-0.2, -0.15) is 0 Å². The number of amidine groups is 1. The third-order valence-electron chi connectivity index (χ3n) is 5.60. The number of aliphatic imine (C=N–C) groups is 1. The second-order valence-corrected chi connectivity index (χ2v) is 11.9. The molecule has 5 rings (SSSR count). The van der Waals surface area contributed by atoms with Crippen molar-refractivity contribution in [3.05, 3.63) is 126 Å². The number of ether oxygens (including phenoxy) is 1. The number of amides is 1. The maximum absolute atomic E-state index is 13.7. The molecule has 1 heterocycles. The molecule has 0 aromatic heterocycles. The normalized spacial score (nSPS) is 15.4. The van der Waals surface area contributed by atoms with Crippen molar-refractivity contribution in [2.45, 2.75) is 6.61 Å². The zero-order valence-corrected chi connectivity index (χ0v) is 25.3. The third kappa shape index (κ3) is 6.83. The molecule has 0 saturated carbocycles. The minimum atomic E-state index is -0.221. The van der Waals surface area contributed by atoms with E-state index >= 15 is 0 Å². The highest BCUT2D eigenvalue weighted by Gasteiger charge is 2.35. The number of carbonyl (C=O) groups is 1. The van der Waals surface area contributed by atoms with E-state index in [2.05, 4.69) is 15.9 Å². The summed E-state index contributed by atoms with van der Waals surface area (Å²) in [6, 6.07) is 25.0. The van der Waals surface area contributed by atoms with Crippen LogP contribution in [0.4, 0.5) is 11.4 Å². The lowest BCUT2D eigenvalue weighted by atomic mass is 10.1. The van der Waals surface area contributed by atoms with E-state index in [1.165, 1.54) is 11.8 Å². The predicted octanol–water partition coefficient (Wildman–Crippen LogP) is 10.5. The number of thioether (sulfide) groups is 1. The lowest BCUT2D eigenvalue weighted by Gasteiger charge is -2.15. The number of halogens is 5. The van der Waals surface area contributed by atoms with Gasteiger partial charge in [0, 0.05) is 35.7 Å². The number of carbonyl (C=O) groups excluding carboxylic acids is 1. The van der Waals surface area contributed by atoms with E-state index in [-0.39, 0.29) is 12.5 Å². The summed E-state index contributed by atoms with van der Waals surface area (Å²) in [5.41, 5.74) is 2.83. The van der Waals surface area contributed by atoms with Crippen LogP contribution in [0.1, 0.15) is 11.1 Å². The van der Waals surface area contributed by atoms with Crippen molar-refractivity contribution in [3.63, 3.8) is 0 Å². The molecule has 0 N–H and O–H groups in total. The molecule has 196 valence electrons. The third-order valence-corrected chi connectivity index (χ3v) is 8.15. The zero-order valence-electron chi connectivity index (χ0n) is 19.9. The van der Waals surface area contributed by atoms with Gasteiger partial charge in [-0.15, -0.1) is 0 Å². The molecule has 0 atom stereocenters. The first-order chi connectivity index (χ1) is 18.8. The Bertz CT molecular complexity index is 1610. The van der Waals surface area contributed by atoms with Crippen LogP contribution in [0.3, 0.4) is 0 Å². The second kappa shape index (κ2) is 12.4. The largest absolute Gasteiger partial charge is 0.488 e. The van der Waals surface area contributed by atoms with Gasteiger partial charge in [-0.25, -0.2) is 4.99 Å². The number of rotatable bonds is 6. The lowest BCUT2D eigenvalue weighted by Crippen LogP contribution is -2.28. The van der Waals surface area contributed by atoms with Crippen LogP contribution in [0.2, 0.25) is 20.1 Å². The van der Waals surface area contributed by atoms with Gasteiger partial charge in [-0.1, -0.05) is 68.4 Å². The summed E-state index contributed by atoms with van der Waals surface area (Å²) in [4.78, 5) is 20.5. The van der Waals surface area contributed by atoms with Gasteiger partial charge in [0.05, 0.1) is 16.3 Å². The van der Waals surface area contributed by atoms with Gasteiger partial charge in [-0.05, 0) is 96.7 Å². The summed E-state index contributed by atoms with van der Waals surface area (Å²) in [6.07, 6.45) is 1.80. The molecule has 4 nitrogen and oxygen atoms in total. The van der Waals surface area contributed by atoms with Crippen LogP contribution in [0.5, 0.6) is 5.75 Å². The topological polar surface area (TPSA) is 41.9 Å². The Morgan fingerprint density at radius 3 is 2.21 bits per heavy atom. The van der Waals surface area contributed by atoms with Gasteiger partial charge < -0.3 is 4.74 Å². The van der Waals surface area contributed by atoms with E-state index in [4.69, 9.17) is 56.1 Å². The van der Waals surface area contributed by atoms with E-state index in [0.29, 0.717) is 52.9 Å². The molecular weight excluding hydrogens is 662 g/mol. The molecule has 0 radical (unpaired) electrons. The standard InChI is InChI=1S/C29H17BrCl4N2O2S/c30-19-2-12-26(38-16-17-1-3-22(33)15-25(17)34)18(13-19)14-27-28(37)36(24-10-6-21(32)7-11-24)29(39-27)35-23-8-4-20(31)5-9-23/h1-15H,16H2/b27-14-,35-29?. The minimum Gasteiger partial charge on any atom is -0.488 e. The van der Waals surface area contributed by atoms with Crippen LogP contribution in [-0.2, 0) is 11.4 Å². The lowest BCUT2D eigenvalue weighted by molar-refractivity contribution is -0.113. The molecule has 1 aliphatic heterocycles. The summed E-state index contributed by atoms with van der Waals surface area (Å²) in [6.45, 7) is 0.231. The van der Waals surface area contributed by atoms with Crippen LogP contribution < -0.4 is 9.64 Å². The van der Waals surface area contributed by atoms with Gasteiger partial charge in [0.1, 0.15) is 12.4 Å². The number of hydrogen-bond acceptors (Lipinski definition) is 4. The van der Waals surface area contributed by atoms with Crippen molar-refractivity contribution in [2.75, 3.05) is 4.90 Å². The van der Waals surface area contributed by atoms with Gasteiger partial charge >= 0.3 is 0 Å². The molecule has 0 spiro atoms. The molecule has 1 fully saturated rings. The van der Waals surface area contributed by atoms with Crippen LogP contribution in [0.25, 0.3) is 6.08 Å². The molecule has 10 heteroatoms. The Kier molecular flexibility index (Phi) is 8.92. The fourth-order valence-corrected chi connectivity index (χ4v) is 5.78. The van der Waals surface area contributed by atoms with Crippen molar-refractivity contribution in [3.8, 4) is 5.75 Å². The molecule has 4 aromatic rings. The molecule has 0 bridgehead atoms. The number of anilines is 1. The summed E-state index contributed by atoms with van der Waals surface area (Å²) in [5, 5.41) is 2.74. The second-order valence-electron chi connectivity index (χ2n) is 8.30. The van der Waals surface area contributed by atoms with Crippen LogP contribution in [0, 0.1) is 0 Å². The van der Waals surface area contributed by atoms with Crippen LogP contribution >= 0.6 is 74.1 Å². The van der Waals surface area contributed by atoms with Crippen molar-refractivity contribution >= 4 is 103 Å². The van der Waals surface area contributed by atoms with Crippen LogP contribution in [-0.4, -0.2) is 11.1 Å². The van der Waals surface area contributed by atoms with Crippen molar-refractivity contribution in [2.24, 2.45) is 4.99 Å². The Morgan fingerprint density at radius 1 is 0.846 bits per heavy atom. The SMILES string of the molecule is O=C1/C(=C/c2cc(Br)ccc2OCc2ccc(Cl)cc2Cl)SC(=Nc2ccc(Cl)cc2)N1c1ccc(Cl)cc1. The number of benzene rings is 4. The maximum Gasteiger partial charge on any atom is 0.271 e. The molecule has 1 amide bonds. The molecule has 1 aliphatic rings. The van der Waals surface area contributed by atoms with E-state index in [1.54, 1.807) is 71.6 Å². The molecular formula is C29H17BrCl4N2O2S. The fraction of sp³-hybridized carbons (Fsp3) is 0.0345. The Morgan fingerprint density at radius 2 is 1.51 bits per heavy atom. The first-order valence-corrected chi connectivity index (χ1v) is 14.6. The highest BCUT2D eigenvalue weighted by atomic mass is 79.9. The average molecular weight is 679 g/mol. The van der Waals surface area contributed by atoms with Crippen molar-refractivity contribution < 1.29 is 9.53 Å². The number of hydrogen-bond donors (Lipinski definition) is 0. The number of nitrogens with zero attached hydrogens (tertiary/aromatic N) is 2. The Labute approximate surface area is 258 Å². The van der Waals surface area contributed by atoms with Gasteiger partial charge in [0.15, 0.2) is 5.17 Å². The van der Waals surface area contributed by atoms with Crippen molar-refractivity contribution in [1.82, 2.24) is 0 Å². The summed E-state index contributed by atoms with van der Waals surface area (Å²) < 4.78 is 6.96. The highest BCUT2D eigenvalue weighted by molar-refractivity contribution is 9.10. The predicted molar refractivity (Wildman–Crippen MR) is 168 cm³/mol. The summed E-state index contributed by atoms with van der Waals surface area (Å²) in [5.74, 6) is 0.368. The fourth-order valence-electron chi connectivity index (χ4n) is 3.69. The van der Waals surface area contributed by atoms with Gasteiger partial charge in [-0.3, -0.25) is 9.69 Å². The molecule has 0 unspecified atom stereocenters. The van der Waals surface area contributed by atoms with Crippen LogP contribution in [0.15, 0.2) is 99.3 Å².